The molecule has 0 bridgehead atoms. The molecule has 28 heavy (non-hydrogen) atoms. The van der Waals surface area contributed by atoms with E-state index in [9.17, 15) is 9.18 Å². The van der Waals surface area contributed by atoms with E-state index in [1.54, 1.807) is 25.3 Å². The molecule has 0 spiro atoms. The summed E-state index contributed by atoms with van der Waals surface area (Å²) in [7, 11) is 0. The Balaban J connectivity index is 1.70. The third kappa shape index (κ3) is 4.67. The largest absolute Gasteiger partial charge is 0.369 e. The SMILES string of the molecule is Cc1nc(C(=O)N[C@H](C)c2cccc(F)n2)nc(NCCc2cn[nH]c2)c1C. The maximum Gasteiger partial charge on any atom is 0.289 e. The van der Waals surface area contributed by atoms with Gasteiger partial charge in [0.05, 0.1) is 17.9 Å². The Morgan fingerprint density at radius 1 is 1.25 bits per heavy atom. The summed E-state index contributed by atoms with van der Waals surface area (Å²) in [6.45, 7) is 6.09. The number of rotatable bonds is 7. The second-order valence-electron chi connectivity index (χ2n) is 6.47. The molecule has 146 valence electrons. The second kappa shape index (κ2) is 8.55. The van der Waals surface area contributed by atoms with Gasteiger partial charge in [0.1, 0.15) is 5.82 Å². The molecule has 0 saturated carbocycles. The zero-order valence-corrected chi connectivity index (χ0v) is 16.0. The van der Waals surface area contributed by atoms with Crippen LogP contribution in [-0.4, -0.2) is 37.6 Å². The van der Waals surface area contributed by atoms with Crippen LogP contribution in [0, 0.1) is 19.8 Å². The number of pyridine rings is 1. The maximum atomic E-state index is 13.3. The number of aryl methyl sites for hydroxylation is 1. The molecule has 9 heteroatoms. The van der Waals surface area contributed by atoms with Crippen molar-refractivity contribution < 1.29 is 9.18 Å². The van der Waals surface area contributed by atoms with Gasteiger partial charge < -0.3 is 10.6 Å². The number of anilines is 1. The Labute approximate surface area is 162 Å². The topological polar surface area (TPSA) is 108 Å². The molecule has 0 aliphatic rings. The van der Waals surface area contributed by atoms with Crippen molar-refractivity contribution in [1.82, 2.24) is 30.5 Å². The van der Waals surface area contributed by atoms with Crippen molar-refractivity contribution in [3.05, 3.63) is 64.9 Å². The van der Waals surface area contributed by atoms with Crippen molar-refractivity contribution >= 4 is 11.7 Å². The van der Waals surface area contributed by atoms with Crippen molar-refractivity contribution in [2.75, 3.05) is 11.9 Å². The van der Waals surface area contributed by atoms with E-state index in [1.165, 1.54) is 6.07 Å². The first-order valence-corrected chi connectivity index (χ1v) is 8.94. The van der Waals surface area contributed by atoms with Gasteiger partial charge in [0.15, 0.2) is 0 Å². The van der Waals surface area contributed by atoms with E-state index in [0.29, 0.717) is 23.8 Å². The summed E-state index contributed by atoms with van der Waals surface area (Å²) >= 11 is 0. The quantitative estimate of drug-likeness (QED) is 0.541. The minimum atomic E-state index is -0.592. The lowest BCUT2D eigenvalue weighted by atomic mass is 10.2. The molecule has 0 radical (unpaired) electrons. The number of nitrogens with one attached hydrogen (secondary N) is 3. The number of H-pyrrole nitrogens is 1. The van der Waals surface area contributed by atoms with E-state index in [1.807, 2.05) is 20.0 Å². The molecule has 3 aromatic heterocycles. The first kappa shape index (κ1) is 19.4. The van der Waals surface area contributed by atoms with Gasteiger partial charge in [0, 0.05) is 24.0 Å². The monoisotopic (exact) mass is 383 g/mol. The molecular formula is C19H22FN7O. The molecule has 3 aromatic rings. The number of carbonyl (C=O) groups is 1. The van der Waals surface area contributed by atoms with Gasteiger partial charge in [-0.25, -0.2) is 15.0 Å². The lowest BCUT2D eigenvalue weighted by Crippen LogP contribution is -2.29. The van der Waals surface area contributed by atoms with Crippen LogP contribution >= 0.6 is 0 Å². The van der Waals surface area contributed by atoms with Crippen LogP contribution in [0.25, 0.3) is 0 Å². The minimum Gasteiger partial charge on any atom is -0.369 e. The van der Waals surface area contributed by atoms with E-state index in [0.717, 1.165) is 17.5 Å². The highest BCUT2D eigenvalue weighted by Gasteiger charge is 2.18. The number of nitrogens with zero attached hydrogens (tertiary/aromatic N) is 4. The lowest BCUT2D eigenvalue weighted by Gasteiger charge is -2.15. The average Bonchev–Trinajstić information content (AvgIpc) is 3.18. The van der Waals surface area contributed by atoms with Gasteiger partial charge in [-0.1, -0.05) is 6.07 Å². The summed E-state index contributed by atoms with van der Waals surface area (Å²) in [5.41, 5.74) is 3.09. The number of hydrogen-bond donors (Lipinski definition) is 3. The van der Waals surface area contributed by atoms with Crippen LogP contribution in [0.2, 0.25) is 0 Å². The number of aromatic nitrogens is 5. The smallest absolute Gasteiger partial charge is 0.289 e. The predicted molar refractivity (Wildman–Crippen MR) is 102 cm³/mol. The number of aromatic amines is 1. The van der Waals surface area contributed by atoms with E-state index in [4.69, 9.17) is 0 Å². The van der Waals surface area contributed by atoms with E-state index < -0.39 is 17.9 Å². The van der Waals surface area contributed by atoms with Gasteiger partial charge in [-0.05, 0) is 44.9 Å². The molecule has 0 saturated heterocycles. The summed E-state index contributed by atoms with van der Waals surface area (Å²) in [5.74, 6) is -0.375. The summed E-state index contributed by atoms with van der Waals surface area (Å²) < 4.78 is 13.3. The van der Waals surface area contributed by atoms with Gasteiger partial charge >= 0.3 is 0 Å². The van der Waals surface area contributed by atoms with Gasteiger partial charge in [-0.3, -0.25) is 9.89 Å². The van der Waals surface area contributed by atoms with Crippen LogP contribution in [0.5, 0.6) is 0 Å². The molecule has 3 rings (SSSR count). The number of halogens is 1. The Hall–Kier alpha value is -3.36. The Kier molecular flexibility index (Phi) is 5.93. The molecule has 0 aliphatic carbocycles. The molecule has 0 aromatic carbocycles. The van der Waals surface area contributed by atoms with Gasteiger partial charge in [0.25, 0.3) is 5.91 Å². The van der Waals surface area contributed by atoms with Crippen molar-refractivity contribution in [2.45, 2.75) is 33.2 Å². The highest BCUT2D eigenvalue weighted by Crippen LogP contribution is 2.16. The van der Waals surface area contributed by atoms with E-state index >= 15 is 0 Å². The standard InChI is InChI=1S/C19H22FN7O/c1-11-12(2)24-18(27-17(11)21-8-7-14-9-22-23-10-14)19(28)25-13(3)15-5-4-6-16(20)26-15/h4-6,9-10,13H,7-8H2,1-3H3,(H,22,23)(H,25,28)(H,21,24,27)/t13-/m1/s1. The van der Waals surface area contributed by atoms with Crippen molar-refractivity contribution in [2.24, 2.45) is 0 Å². The third-order valence-electron chi connectivity index (χ3n) is 4.38. The summed E-state index contributed by atoms with van der Waals surface area (Å²) in [4.78, 5) is 25.0. The van der Waals surface area contributed by atoms with E-state index in [2.05, 4.69) is 35.8 Å². The van der Waals surface area contributed by atoms with Gasteiger partial charge in [0.2, 0.25) is 11.8 Å². The van der Waals surface area contributed by atoms with Crippen LogP contribution < -0.4 is 10.6 Å². The highest BCUT2D eigenvalue weighted by atomic mass is 19.1. The first-order chi connectivity index (χ1) is 13.4. The predicted octanol–water partition coefficient (Wildman–Crippen LogP) is 2.50. The minimum absolute atomic E-state index is 0.0529. The summed E-state index contributed by atoms with van der Waals surface area (Å²) in [6.07, 6.45) is 4.36. The van der Waals surface area contributed by atoms with Crippen molar-refractivity contribution in [1.29, 1.82) is 0 Å². The molecule has 3 N–H and O–H groups in total. The molecule has 1 amide bonds. The summed E-state index contributed by atoms with van der Waals surface area (Å²) in [5, 5.41) is 12.7. The van der Waals surface area contributed by atoms with Crippen LogP contribution in [0.15, 0.2) is 30.6 Å². The Morgan fingerprint density at radius 2 is 2.07 bits per heavy atom. The van der Waals surface area contributed by atoms with Crippen LogP contribution in [-0.2, 0) is 6.42 Å². The molecule has 0 aliphatic heterocycles. The first-order valence-electron chi connectivity index (χ1n) is 8.94. The fraction of sp³-hybridized carbons (Fsp3) is 0.316. The average molecular weight is 383 g/mol. The van der Waals surface area contributed by atoms with Crippen LogP contribution in [0.4, 0.5) is 10.2 Å². The highest BCUT2D eigenvalue weighted by molar-refractivity contribution is 5.91. The summed E-state index contributed by atoms with van der Waals surface area (Å²) in [6, 6.07) is 3.98. The second-order valence-corrected chi connectivity index (χ2v) is 6.47. The Bertz CT molecular complexity index is 959. The maximum absolute atomic E-state index is 13.3. The van der Waals surface area contributed by atoms with E-state index in [-0.39, 0.29) is 5.82 Å². The number of amides is 1. The molecule has 8 nitrogen and oxygen atoms in total. The lowest BCUT2D eigenvalue weighted by molar-refractivity contribution is 0.0928. The molecule has 1 atom stereocenters. The normalized spacial score (nSPS) is 11.9. The number of hydrogen-bond acceptors (Lipinski definition) is 6. The fourth-order valence-electron chi connectivity index (χ4n) is 2.64. The van der Waals surface area contributed by atoms with Crippen molar-refractivity contribution in [3.63, 3.8) is 0 Å². The third-order valence-corrected chi connectivity index (χ3v) is 4.38. The van der Waals surface area contributed by atoms with Crippen molar-refractivity contribution in [3.8, 4) is 0 Å². The molecule has 0 unspecified atom stereocenters. The Morgan fingerprint density at radius 3 is 2.79 bits per heavy atom. The zero-order chi connectivity index (χ0) is 20.1. The molecule has 3 heterocycles. The zero-order valence-electron chi connectivity index (χ0n) is 16.0. The van der Waals surface area contributed by atoms with Gasteiger partial charge in [-0.15, -0.1) is 0 Å². The van der Waals surface area contributed by atoms with Crippen LogP contribution in [0.1, 0.15) is 46.1 Å². The molecular weight excluding hydrogens is 361 g/mol. The fourth-order valence-corrected chi connectivity index (χ4v) is 2.64. The molecule has 0 fully saturated rings. The van der Waals surface area contributed by atoms with Crippen LogP contribution in [0.3, 0.4) is 0 Å². The van der Waals surface area contributed by atoms with Gasteiger partial charge in [-0.2, -0.15) is 9.49 Å². The number of carbonyl (C=O) groups excluding carboxylic acids is 1.